The Morgan fingerprint density at radius 1 is 1.11 bits per heavy atom. The number of aliphatic hydroxyl groups is 1. The predicted octanol–water partition coefficient (Wildman–Crippen LogP) is 2.12. The first-order chi connectivity index (χ1) is 8.69. The Morgan fingerprint density at radius 3 is 2.26 bits per heavy atom. The van der Waals surface area contributed by atoms with E-state index in [9.17, 15) is 9.90 Å². The summed E-state index contributed by atoms with van der Waals surface area (Å²) < 4.78 is 15.0. The van der Waals surface area contributed by atoms with Crippen LogP contribution in [0.5, 0.6) is 0 Å². The van der Waals surface area contributed by atoms with Crippen molar-refractivity contribution in [1.82, 2.24) is 0 Å². The van der Waals surface area contributed by atoms with Crippen LogP contribution in [0.2, 0.25) is 0 Å². The molecule has 1 atom stereocenters. The Kier molecular flexibility index (Phi) is 8.22. The number of rotatable bonds is 9. The zero-order valence-corrected chi connectivity index (χ0v) is 12.8. The summed E-state index contributed by atoms with van der Waals surface area (Å²) in [6.45, 7) is 8.22. The molecular weight excluding hydrogens is 248 g/mol. The Labute approximate surface area is 116 Å². The highest BCUT2D eigenvalue weighted by Crippen LogP contribution is 2.19. The molecular formula is C14H28O5. The second kappa shape index (κ2) is 8.51. The molecule has 0 aliphatic carbocycles. The van der Waals surface area contributed by atoms with E-state index in [0.717, 1.165) is 6.42 Å². The first-order valence-corrected chi connectivity index (χ1v) is 6.65. The Hall–Kier alpha value is -0.650. The minimum Gasteiger partial charge on any atom is -0.465 e. The van der Waals surface area contributed by atoms with Gasteiger partial charge in [-0.2, -0.15) is 0 Å². The van der Waals surface area contributed by atoms with Crippen LogP contribution in [-0.2, 0) is 19.0 Å². The molecule has 0 aromatic heterocycles. The minimum absolute atomic E-state index is 0.238. The Morgan fingerprint density at radius 2 is 1.74 bits per heavy atom. The molecule has 114 valence electrons. The fourth-order valence-electron chi connectivity index (χ4n) is 1.40. The molecule has 0 saturated heterocycles. The number of carbonyl (C=O) groups is 1. The monoisotopic (exact) mass is 276 g/mol. The fraction of sp³-hybridized carbons (Fsp3) is 0.929. The summed E-state index contributed by atoms with van der Waals surface area (Å²) in [6.07, 6.45) is 1.77. The molecule has 0 aliphatic heterocycles. The van der Waals surface area contributed by atoms with Gasteiger partial charge in [0.1, 0.15) is 6.79 Å². The molecule has 0 radical (unpaired) electrons. The second-order valence-electron chi connectivity index (χ2n) is 6.05. The van der Waals surface area contributed by atoms with E-state index < -0.39 is 11.0 Å². The average Bonchev–Trinajstić information content (AvgIpc) is 2.27. The third-order valence-corrected chi connectivity index (χ3v) is 2.69. The maximum absolute atomic E-state index is 11.5. The van der Waals surface area contributed by atoms with Gasteiger partial charge in [-0.3, -0.25) is 4.79 Å². The van der Waals surface area contributed by atoms with Crippen molar-refractivity contribution in [1.29, 1.82) is 0 Å². The van der Waals surface area contributed by atoms with E-state index >= 15 is 0 Å². The third-order valence-electron chi connectivity index (χ3n) is 2.69. The Bertz CT molecular complexity index is 255. The largest absolute Gasteiger partial charge is 0.465 e. The highest BCUT2D eigenvalue weighted by atomic mass is 16.7. The van der Waals surface area contributed by atoms with Crippen molar-refractivity contribution in [2.45, 2.75) is 52.6 Å². The van der Waals surface area contributed by atoms with Crippen LogP contribution in [-0.4, -0.2) is 43.8 Å². The van der Waals surface area contributed by atoms with Crippen molar-refractivity contribution in [3.8, 4) is 0 Å². The number of methoxy groups -OCH3 is 1. The number of hydrogen-bond donors (Lipinski definition) is 1. The number of esters is 1. The summed E-state index contributed by atoms with van der Waals surface area (Å²) in [6, 6.07) is 0. The van der Waals surface area contributed by atoms with Gasteiger partial charge in [-0.25, -0.2) is 0 Å². The predicted molar refractivity (Wildman–Crippen MR) is 72.7 cm³/mol. The van der Waals surface area contributed by atoms with E-state index in [1.54, 1.807) is 34.8 Å². The van der Waals surface area contributed by atoms with Gasteiger partial charge in [-0.1, -0.05) is 0 Å². The van der Waals surface area contributed by atoms with Gasteiger partial charge in [0.05, 0.1) is 17.6 Å². The van der Waals surface area contributed by atoms with Crippen molar-refractivity contribution in [2.75, 3.05) is 27.1 Å². The van der Waals surface area contributed by atoms with E-state index in [0.29, 0.717) is 19.4 Å². The lowest BCUT2D eigenvalue weighted by atomic mass is 9.96. The SMILES string of the molecule is COCOCCC[C@@](C)(O)CCOC(=O)C(C)(C)C. The van der Waals surface area contributed by atoms with Crippen molar-refractivity contribution in [3.05, 3.63) is 0 Å². The molecule has 5 heteroatoms. The van der Waals surface area contributed by atoms with Crippen LogP contribution < -0.4 is 0 Å². The van der Waals surface area contributed by atoms with E-state index in [1.807, 2.05) is 0 Å². The standard InChI is InChI=1S/C14H28O5/c1-13(2,3)12(15)19-10-8-14(4,16)7-6-9-18-11-17-5/h16H,6-11H2,1-5H3/t14-/m1/s1. The van der Waals surface area contributed by atoms with Gasteiger partial charge in [0.25, 0.3) is 0 Å². The summed E-state index contributed by atoms with van der Waals surface area (Å²) in [5, 5.41) is 10.1. The number of ether oxygens (including phenoxy) is 3. The van der Waals surface area contributed by atoms with Gasteiger partial charge in [-0.05, 0) is 40.5 Å². The second-order valence-corrected chi connectivity index (χ2v) is 6.05. The third kappa shape index (κ3) is 9.87. The summed E-state index contributed by atoms with van der Waals surface area (Å²) in [7, 11) is 1.57. The molecule has 5 nitrogen and oxygen atoms in total. The molecule has 0 aromatic carbocycles. The molecule has 0 heterocycles. The van der Waals surface area contributed by atoms with Crippen molar-refractivity contribution in [3.63, 3.8) is 0 Å². The smallest absolute Gasteiger partial charge is 0.311 e. The van der Waals surface area contributed by atoms with Gasteiger partial charge in [-0.15, -0.1) is 0 Å². The van der Waals surface area contributed by atoms with Crippen molar-refractivity contribution in [2.24, 2.45) is 5.41 Å². The molecule has 0 aromatic rings. The summed E-state index contributed by atoms with van der Waals surface area (Å²) in [4.78, 5) is 11.5. The lowest BCUT2D eigenvalue weighted by molar-refractivity contribution is -0.154. The molecule has 0 rings (SSSR count). The highest BCUT2D eigenvalue weighted by Gasteiger charge is 2.25. The van der Waals surface area contributed by atoms with Gasteiger partial charge < -0.3 is 19.3 Å². The summed E-state index contributed by atoms with van der Waals surface area (Å²) >= 11 is 0. The van der Waals surface area contributed by atoms with Gasteiger partial charge in [0, 0.05) is 20.1 Å². The summed E-state index contributed by atoms with van der Waals surface area (Å²) in [5.41, 5.74) is -1.34. The molecule has 0 aliphatic rings. The maximum Gasteiger partial charge on any atom is 0.311 e. The topological polar surface area (TPSA) is 65.0 Å². The fourth-order valence-corrected chi connectivity index (χ4v) is 1.40. The van der Waals surface area contributed by atoms with Crippen LogP contribution in [0.1, 0.15) is 47.0 Å². The lowest BCUT2D eigenvalue weighted by Crippen LogP contribution is -2.29. The van der Waals surface area contributed by atoms with E-state index in [2.05, 4.69) is 0 Å². The quantitative estimate of drug-likeness (QED) is 0.397. The van der Waals surface area contributed by atoms with E-state index in [4.69, 9.17) is 14.2 Å². The van der Waals surface area contributed by atoms with E-state index in [1.165, 1.54) is 0 Å². The number of hydrogen-bond acceptors (Lipinski definition) is 5. The van der Waals surface area contributed by atoms with Gasteiger partial charge in [0.2, 0.25) is 0 Å². The zero-order chi connectivity index (χ0) is 14.9. The molecule has 1 N–H and O–H groups in total. The zero-order valence-electron chi connectivity index (χ0n) is 12.8. The summed E-state index contributed by atoms with van der Waals surface area (Å²) in [5.74, 6) is -0.244. The minimum atomic E-state index is -0.839. The molecule has 0 unspecified atom stereocenters. The van der Waals surface area contributed by atoms with Crippen molar-refractivity contribution < 1.29 is 24.1 Å². The number of carbonyl (C=O) groups excluding carboxylic acids is 1. The first kappa shape index (κ1) is 18.4. The molecule has 0 saturated carbocycles. The van der Waals surface area contributed by atoms with Crippen LogP contribution in [0.25, 0.3) is 0 Å². The molecule has 0 amide bonds. The van der Waals surface area contributed by atoms with Crippen LogP contribution in [0.15, 0.2) is 0 Å². The van der Waals surface area contributed by atoms with Crippen LogP contribution in [0, 0.1) is 5.41 Å². The Balaban J connectivity index is 3.76. The first-order valence-electron chi connectivity index (χ1n) is 6.65. The van der Waals surface area contributed by atoms with Crippen LogP contribution in [0.3, 0.4) is 0 Å². The lowest BCUT2D eigenvalue weighted by Gasteiger charge is -2.24. The maximum atomic E-state index is 11.5. The van der Waals surface area contributed by atoms with Crippen molar-refractivity contribution >= 4 is 5.97 Å². The van der Waals surface area contributed by atoms with E-state index in [-0.39, 0.29) is 19.4 Å². The van der Waals surface area contributed by atoms with Gasteiger partial charge in [0.15, 0.2) is 0 Å². The normalized spacial score (nSPS) is 15.1. The molecule has 19 heavy (non-hydrogen) atoms. The van der Waals surface area contributed by atoms with Gasteiger partial charge >= 0.3 is 5.97 Å². The van der Waals surface area contributed by atoms with Crippen LogP contribution in [0.4, 0.5) is 0 Å². The average molecular weight is 276 g/mol. The molecule has 0 fully saturated rings. The highest BCUT2D eigenvalue weighted by molar-refractivity contribution is 5.75. The molecule has 0 spiro atoms. The molecule has 0 bridgehead atoms. The van der Waals surface area contributed by atoms with Crippen LogP contribution >= 0.6 is 0 Å².